The van der Waals surface area contributed by atoms with Crippen LogP contribution in [0.5, 0.6) is 0 Å². The van der Waals surface area contributed by atoms with Crippen molar-refractivity contribution in [3.05, 3.63) is 18.0 Å². The first-order chi connectivity index (χ1) is 8.69. The fourth-order valence-electron chi connectivity index (χ4n) is 2.40. The Morgan fingerprint density at radius 2 is 2.11 bits per heavy atom. The zero-order valence-corrected chi connectivity index (χ0v) is 11.9. The smallest absolute Gasteiger partial charge is 0.222 e. The molecule has 3 atom stereocenters. The molecule has 0 saturated heterocycles. The fourth-order valence-corrected chi connectivity index (χ4v) is 3.75. The van der Waals surface area contributed by atoms with Gasteiger partial charge in [-0.1, -0.05) is 13.3 Å². The third kappa shape index (κ3) is 3.51. The molecular formula is C13H21N3OS. The zero-order chi connectivity index (χ0) is 13.0. The standard InChI is InChI=1S/C13H21N3OS/c1-3-18(17)12-6-4-5-11(7-12)16-13-14-8-10(2)9-15-13/h8-9,11-12H,3-7H2,1-2H3,(H,14,15,16). The maximum absolute atomic E-state index is 11.9. The molecule has 0 spiro atoms. The molecule has 1 aliphatic carbocycles. The van der Waals surface area contributed by atoms with Gasteiger partial charge in [0.1, 0.15) is 0 Å². The van der Waals surface area contributed by atoms with Crippen molar-refractivity contribution in [3.63, 3.8) is 0 Å². The number of nitrogens with zero attached hydrogens (tertiary/aromatic N) is 2. The summed E-state index contributed by atoms with van der Waals surface area (Å²) in [6.07, 6.45) is 7.96. The average molecular weight is 267 g/mol. The number of aromatic nitrogens is 2. The summed E-state index contributed by atoms with van der Waals surface area (Å²) in [6, 6.07) is 0.363. The number of rotatable bonds is 4. The van der Waals surface area contributed by atoms with Gasteiger partial charge in [-0.3, -0.25) is 4.21 Å². The fraction of sp³-hybridized carbons (Fsp3) is 0.692. The molecule has 1 heterocycles. The predicted octanol–water partition coefficient (Wildman–Crippen LogP) is 2.28. The summed E-state index contributed by atoms with van der Waals surface area (Å²) >= 11 is 0. The number of anilines is 1. The Kier molecular flexibility index (Phi) is 4.69. The average Bonchev–Trinajstić information content (AvgIpc) is 2.41. The van der Waals surface area contributed by atoms with Crippen molar-refractivity contribution in [1.29, 1.82) is 0 Å². The molecule has 0 radical (unpaired) electrons. The van der Waals surface area contributed by atoms with Crippen molar-refractivity contribution >= 4 is 16.7 Å². The molecule has 0 aliphatic heterocycles. The first-order valence-electron chi connectivity index (χ1n) is 6.61. The molecule has 2 rings (SSSR count). The lowest BCUT2D eigenvalue weighted by Gasteiger charge is -2.29. The quantitative estimate of drug-likeness (QED) is 0.909. The van der Waals surface area contributed by atoms with Crippen molar-refractivity contribution in [2.45, 2.75) is 50.8 Å². The Labute approximate surface area is 111 Å². The predicted molar refractivity (Wildman–Crippen MR) is 75.1 cm³/mol. The third-order valence-corrected chi connectivity index (χ3v) is 5.14. The molecule has 1 aromatic heterocycles. The Morgan fingerprint density at radius 3 is 2.78 bits per heavy atom. The molecule has 0 bridgehead atoms. The summed E-state index contributed by atoms with van der Waals surface area (Å²) < 4.78 is 11.9. The van der Waals surface area contributed by atoms with E-state index in [0.29, 0.717) is 17.2 Å². The van der Waals surface area contributed by atoms with Crippen molar-refractivity contribution < 1.29 is 4.21 Å². The molecule has 4 nitrogen and oxygen atoms in total. The van der Waals surface area contributed by atoms with Gasteiger partial charge < -0.3 is 5.32 Å². The van der Waals surface area contributed by atoms with E-state index in [0.717, 1.165) is 37.0 Å². The molecule has 3 unspecified atom stereocenters. The number of aryl methyl sites for hydroxylation is 1. The van der Waals surface area contributed by atoms with Crippen LogP contribution in [0.1, 0.15) is 38.2 Å². The topological polar surface area (TPSA) is 54.9 Å². The molecule has 1 aromatic rings. The van der Waals surface area contributed by atoms with Gasteiger partial charge in [0.2, 0.25) is 5.95 Å². The molecule has 0 amide bonds. The second kappa shape index (κ2) is 6.27. The molecular weight excluding hydrogens is 246 g/mol. The van der Waals surface area contributed by atoms with Crippen LogP contribution in [0.4, 0.5) is 5.95 Å². The Morgan fingerprint density at radius 1 is 1.39 bits per heavy atom. The van der Waals surface area contributed by atoms with Crippen LogP contribution in [0.25, 0.3) is 0 Å². The van der Waals surface area contributed by atoms with E-state index < -0.39 is 10.8 Å². The van der Waals surface area contributed by atoms with Crippen molar-refractivity contribution in [1.82, 2.24) is 9.97 Å². The minimum absolute atomic E-state index is 0.340. The van der Waals surface area contributed by atoms with Crippen LogP contribution in [-0.2, 0) is 10.8 Å². The van der Waals surface area contributed by atoms with Crippen LogP contribution in [0.3, 0.4) is 0 Å². The first-order valence-corrected chi connectivity index (χ1v) is 7.99. The summed E-state index contributed by atoms with van der Waals surface area (Å²) in [7, 11) is -0.677. The van der Waals surface area contributed by atoms with Gasteiger partial charge in [0.25, 0.3) is 0 Å². The lowest BCUT2D eigenvalue weighted by Crippen LogP contribution is -2.33. The summed E-state index contributed by atoms with van der Waals surface area (Å²) in [4.78, 5) is 8.53. The maximum atomic E-state index is 11.9. The van der Waals surface area contributed by atoms with E-state index in [4.69, 9.17) is 0 Å². The van der Waals surface area contributed by atoms with E-state index in [9.17, 15) is 4.21 Å². The van der Waals surface area contributed by atoms with Crippen LogP contribution >= 0.6 is 0 Å². The van der Waals surface area contributed by atoms with E-state index in [-0.39, 0.29) is 0 Å². The van der Waals surface area contributed by atoms with Crippen molar-refractivity contribution in [2.24, 2.45) is 0 Å². The summed E-state index contributed by atoms with van der Waals surface area (Å²) in [5, 5.41) is 3.70. The van der Waals surface area contributed by atoms with Crippen LogP contribution in [0.2, 0.25) is 0 Å². The number of nitrogens with one attached hydrogen (secondary N) is 1. The van der Waals surface area contributed by atoms with Gasteiger partial charge in [0.05, 0.1) is 0 Å². The molecule has 1 aliphatic rings. The van der Waals surface area contributed by atoms with Crippen LogP contribution in [0, 0.1) is 6.92 Å². The van der Waals surface area contributed by atoms with E-state index in [1.54, 1.807) is 0 Å². The van der Waals surface area contributed by atoms with Gasteiger partial charge in [-0.25, -0.2) is 9.97 Å². The molecule has 0 aromatic carbocycles. The molecule has 1 N–H and O–H groups in total. The van der Waals surface area contributed by atoms with Crippen LogP contribution < -0.4 is 5.32 Å². The zero-order valence-electron chi connectivity index (χ0n) is 11.1. The monoisotopic (exact) mass is 267 g/mol. The lowest BCUT2D eigenvalue weighted by atomic mass is 9.95. The molecule has 5 heteroatoms. The SMILES string of the molecule is CCS(=O)C1CCCC(Nc2ncc(C)cn2)C1. The Bertz CT molecular complexity index is 407. The van der Waals surface area contributed by atoms with Crippen LogP contribution in [-0.4, -0.2) is 31.2 Å². The Hall–Kier alpha value is -0.970. The van der Waals surface area contributed by atoms with E-state index in [1.807, 2.05) is 26.2 Å². The number of hydrogen-bond acceptors (Lipinski definition) is 4. The van der Waals surface area contributed by atoms with Gasteiger partial charge in [-0.2, -0.15) is 0 Å². The molecule has 100 valence electrons. The summed E-state index contributed by atoms with van der Waals surface area (Å²) in [5.41, 5.74) is 1.06. The highest BCUT2D eigenvalue weighted by atomic mass is 32.2. The van der Waals surface area contributed by atoms with Gasteiger partial charge in [-0.15, -0.1) is 0 Å². The normalized spacial score (nSPS) is 25.7. The van der Waals surface area contributed by atoms with Gasteiger partial charge in [0.15, 0.2) is 0 Å². The van der Waals surface area contributed by atoms with Gasteiger partial charge >= 0.3 is 0 Å². The highest BCUT2D eigenvalue weighted by Crippen LogP contribution is 2.24. The van der Waals surface area contributed by atoms with E-state index >= 15 is 0 Å². The van der Waals surface area contributed by atoms with E-state index in [2.05, 4.69) is 15.3 Å². The van der Waals surface area contributed by atoms with E-state index in [1.165, 1.54) is 0 Å². The van der Waals surface area contributed by atoms with Crippen molar-refractivity contribution in [2.75, 3.05) is 11.1 Å². The van der Waals surface area contributed by atoms with Gasteiger partial charge in [-0.05, 0) is 31.7 Å². The first kappa shape index (κ1) is 13.5. The largest absolute Gasteiger partial charge is 0.351 e. The maximum Gasteiger partial charge on any atom is 0.222 e. The Balaban J connectivity index is 1.93. The summed E-state index contributed by atoms with van der Waals surface area (Å²) in [6.45, 7) is 3.97. The second-order valence-corrected chi connectivity index (χ2v) is 6.89. The second-order valence-electron chi connectivity index (χ2n) is 4.88. The highest BCUT2D eigenvalue weighted by molar-refractivity contribution is 7.85. The van der Waals surface area contributed by atoms with Gasteiger partial charge in [0, 0.05) is 40.2 Å². The lowest BCUT2D eigenvalue weighted by molar-refractivity contribution is 0.463. The molecule has 18 heavy (non-hydrogen) atoms. The number of hydrogen-bond donors (Lipinski definition) is 1. The minimum atomic E-state index is -0.677. The van der Waals surface area contributed by atoms with Crippen LogP contribution in [0.15, 0.2) is 12.4 Å². The molecule has 1 saturated carbocycles. The minimum Gasteiger partial charge on any atom is -0.351 e. The van der Waals surface area contributed by atoms with Crippen molar-refractivity contribution in [3.8, 4) is 0 Å². The molecule has 1 fully saturated rings. The highest BCUT2D eigenvalue weighted by Gasteiger charge is 2.25. The summed E-state index contributed by atoms with van der Waals surface area (Å²) in [5.74, 6) is 1.45. The third-order valence-electron chi connectivity index (χ3n) is 3.40.